The first-order valence-electron chi connectivity index (χ1n) is 6.24. The summed E-state index contributed by atoms with van der Waals surface area (Å²) >= 11 is 6.32. The molecular weight excluding hydrogens is 330 g/mol. The number of rotatable bonds is 0. The van der Waals surface area contributed by atoms with Crippen LogP contribution in [0.5, 0.6) is 0 Å². The molecule has 0 unspecified atom stereocenters. The summed E-state index contributed by atoms with van der Waals surface area (Å²) in [7, 11) is 0. The highest BCUT2D eigenvalue weighted by Crippen LogP contribution is 2.18. The number of aromatic nitrogens is 1. The van der Waals surface area contributed by atoms with Crippen LogP contribution in [0.3, 0.4) is 0 Å². The number of hydrogen-bond acceptors (Lipinski definition) is 7. The lowest BCUT2D eigenvalue weighted by atomic mass is 10.3. The summed E-state index contributed by atoms with van der Waals surface area (Å²) in [6.45, 7) is 0. The minimum Gasteiger partial charge on any atom is -0.280 e. The summed E-state index contributed by atoms with van der Waals surface area (Å²) in [6, 6.07) is 5.09. The maximum atomic E-state index is 12.0. The lowest BCUT2D eigenvalue weighted by molar-refractivity contribution is 0.108. The van der Waals surface area contributed by atoms with E-state index in [4.69, 9.17) is 0 Å². The molecule has 0 saturated carbocycles. The van der Waals surface area contributed by atoms with Crippen LogP contribution in [0.15, 0.2) is 18.2 Å². The van der Waals surface area contributed by atoms with Gasteiger partial charge in [-0.1, -0.05) is 29.6 Å². The van der Waals surface area contributed by atoms with Gasteiger partial charge in [0.05, 0.1) is 0 Å². The Hall–Kier alpha value is -0.110. The molecule has 2 rings (SSSR count). The van der Waals surface area contributed by atoms with Gasteiger partial charge in [-0.3, -0.25) is 9.59 Å². The zero-order valence-electron chi connectivity index (χ0n) is 10.9. The van der Waals surface area contributed by atoms with Crippen LogP contribution in [0.25, 0.3) is 0 Å². The van der Waals surface area contributed by atoms with Crippen LogP contribution in [0.4, 0.5) is 0 Å². The van der Waals surface area contributed by atoms with Crippen molar-refractivity contribution < 1.29 is 9.59 Å². The maximum absolute atomic E-state index is 12.0. The zero-order valence-corrected chi connectivity index (χ0v) is 14.1. The average molecular weight is 346 g/mol. The molecule has 7 heteroatoms. The van der Waals surface area contributed by atoms with Crippen LogP contribution in [0.2, 0.25) is 0 Å². The smallest absolute Gasteiger partial charge is 0.237 e. The Morgan fingerprint density at radius 1 is 0.750 bits per heavy atom. The highest BCUT2D eigenvalue weighted by atomic mass is 32.2. The molecule has 3 nitrogen and oxygen atoms in total. The third kappa shape index (κ3) is 5.35. The summed E-state index contributed by atoms with van der Waals surface area (Å²) in [5.41, 5.74) is 0.770. The molecule has 0 aliphatic carbocycles. The summed E-state index contributed by atoms with van der Waals surface area (Å²) in [5, 5.41) is -0.0935. The van der Waals surface area contributed by atoms with Crippen LogP contribution in [0.1, 0.15) is 21.0 Å². The predicted octanol–water partition coefficient (Wildman–Crippen LogP) is 3.31. The standard InChI is InChI=1S/C13H15NO2S4/c15-12-10-2-1-3-11(14-10)13(16)20-9-7-18-5-4-17-6-8-19-12/h1-3H,4-9H2. The molecule has 0 radical (unpaired) electrons. The number of carbonyl (C=O) groups is 2. The van der Waals surface area contributed by atoms with Gasteiger partial charge in [0.2, 0.25) is 10.2 Å². The summed E-state index contributed by atoms with van der Waals surface area (Å²) in [4.78, 5) is 28.2. The second-order valence-electron chi connectivity index (χ2n) is 3.90. The normalized spacial score (nSPS) is 19.2. The topological polar surface area (TPSA) is 47.0 Å². The van der Waals surface area contributed by atoms with Gasteiger partial charge in [0.25, 0.3) is 0 Å². The van der Waals surface area contributed by atoms with Gasteiger partial charge in [-0.2, -0.15) is 23.5 Å². The van der Waals surface area contributed by atoms with Crippen molar-refractivity contribution in [1.82, 2.24) is 4.98 Å². The summed E-state index contributed by atoms with van der Waals surface area (Å²) in [5.74, 6) is 5.74. The molecule has 2 heterocycles. The molecule has 2 bridgehead atoms. The van der Waals surface area contributed by atoms with Crippen molar-refractivity contribution in [3.63, 3.8) is 0 Å². The van der Waals surface area contributed by atoms with Crippen LogP contribution in [-0.2, 0) is 0 Å². The van der Waals surface area contributed by atoms with E-state index in [9.17, 15) is 9.59 Å². The quantitative estimate of drug-likeness (QED) is 0.715. The minimum absolute atomic E-state index is 0.0468. The van der Waals surface area contributed by atoms with Gasteiger partial charge in [0.15, 0.2) is 0 Å². The Morgan fingerprint density at radius 2 is 1.20 bits per heavy atom. The molecule has 0 saturated heterocycles. The highest BCUT2D eigenvalue weighted by molar-refractivity contribution is 8.15. The van der Waals surface area contributed by atoms with Crippen molar-refractivity contribution in [2.75, 3.05) is 34.5 Å². The number of pyridine rings is 1. The lowest BCUT2D eigenvalue weighted by Gasteiger charge is -2.02. The number of fused-ring (bicyclic) bond motifs is 2. The largest absolute Gasteiger partial charge is 0.280 e. The third-order valence-corrected chi connectivity index (χ3v) is 6.97. The molecule has 0 atom stereocenters. The van der Waals surface area contributed by atoms with Crippen molar-refractivity contribution >= 4 is 57.3 Å². The highest BCUT2D eigenvalue weighted by Gasteiger charge is 2.13. The van der Waals surface area contributed by atoms with E-state index in [2.05, 4.69) is 4.98 Å². The Labute approximate surface area is 135 Å². The van der Waals surface area contributed by atoms with E-state index in [1.165, 1.54) is 23.5 Å². The Balaban J connectivity index is 2.07. The minimum atomic E-state index is -0.0468. The molecule has 0 amide bonds. The van der Waals surface area contributed by atoms with Gasteiger partial charge < -0.3 is 0 Å². The molecule has 0 spiro atoms. The van der Waals surface area contributed by atoms with Crippen molar-refractivity contribution in [2.45, 2.75) is 0 Å². The second kappa shape index (κ2) is 9.02. The molecule has 1 aromatic rings. The average Bonchev–Trinajstić information content (AvgIpc) is 2.48. The van der Waals surface area contributed by atoms with Crippen LogP contribution in [-0.4, -0.2) is 49.7 Å². The van der Waals surface area contributed by atoms with Gasteiger partial charge in [-0.25, -0.2) is 4.98 Å². The van der Waals surface area contributed by atoms with Gasteiger partial charge in [0, 0.05) is 34.5 Å². The predicted molar refractivity (Wildman–Crippen MR) is 92.5 cm³/mol. The van der Waals surface area contributed by atoms with Gasteiger partial charge in [-0.05, 0) is 12.1 Å². The third-order valence-electron chi connectivity index (χ3n) is 2.46. The van der Waals surface area contributed by atoms with E-state index in [1.54, 1.807) is 18.2 Å². The van der Waals surface area contributed by atoms with Crippen LogP contribution in [0, 0.1) is 0 Å². The summed E-state index contributed by atoms with van der Waals surface area (Å²) in [6.07, 6.45) is 0. The van der Waals surface area contributed by atoms with Crippen molar-refractivity contribution in [2.24, 2.45) is 0 Å². The molecule has 1 aliphatic rings. The van der Waals surface area contributed by atoms with Crippen molar-refractivity contribution in [3.8, 4) is 0 Å². The fourth-order valence-corrected chi connectivity index (χ4v) is 5.37. The van der Waals surface area contributed by atoms with E-state index in [0.717, 1.165) is 34.5 Å². The van der Waals surface area contributed by atoms with E-state index in [0.29, 0.717) is 11.4 Å². The fourth-order valence-electron chi connectivity index (χ4n) is 1.52. The number of carbonyl (C=O) groups excluding carboxylic acids is 2. The second-order valence-corrected chi connectivity index (χ2v) is 8.49. The number of nitrogens with zero attached hydrogens (tertiary/aromatic N) is 1. The molecule has 108 valence electrons. The SMILES string of the molecule is O=C1SCCSCCSCCSC(=O)c2cccc1n2. The van der Waals surface area contributed by atoms with E-state index in [-0.39, 0.29) is 10.2 Å². The first kappa shape index (κ1) is 16.3. The Kier molecular flexibility index (Phi) is 7.33. The van der Waals surface area contributed by atoms with E-state index in [1.807, 2.05) is 23.5 Å². The van der Waals surface area contributed by atoms with E-state index >= 15 is 0 Å². The van der Waals surface area contributed by atoms with Gasteiger partial charge >= 0.3 is 0 Å². The first-order chi connectivity index (χ1) is 9.77. The zero-order chi connectivity index (χ0) is 14.2. The molecule has 1 aromatic heterocycles. The summed E-state index contributed by atoms with van der Waals surface area (Å²) < 4.78 is 0. The van der Waals surface area contributed by atoms with E-state index < -0.39 is 0 Å². The molecule has 1 aliphatic heterocycles. The fraction of sp³-hybridized carbons (Fsp3) is 0.462. The van der Waals surface area contributed by atoms with Crippen molar-refractivity contribution in [1.29, 1.82) is 0 Å². The van der Waals surface area contributed by atoms with Crippen LogP contribution >= 0.6 is 47.0 Å². The van der Waals surface area contributed by atoms with Gasteiger partial charge in [-0.15, -0.1) is 0 Å². The maximum Gasteiger partial charge on any atom is 0.237 e. The number of hydrogen-bond donors (Lipinski definition) is 0. The lowest BCUT2D eigenvalue weighted by Crippen LogP contribution is -2.05. The monoisotopic (exact) mass is 345 g/mol. The molecule has 0 aromatic carbocycles. The number of thioether (sulfide) groups is 4. The first-order valence-corrected chi connectivity index (χ1v) is 10.5. The Bertz CT molecular complexity index is 442. The molecular formula is C13H15NO2S4. The Morgan fingerprint density at radius 3 is 1.70 bits per heavy atom. The molecule has 20 heavy (non-hydrogen) atoms. The molecule has 0 fully saturated rings. The van der Waals surface area contributed by atoms with Crippen molar-refractivity contribution in [3.05, 3.63) is 29.6 Å². The molecule has 0 N–H and O–H groups in total. The van der Waals surface area contributed by atoms with Crippen LogP contribution < -0.4 is 0 Å². The van der Waals surface area contributed by atoms with Gasteiger partial charge in [0.1, 0.15) is 11.4 Å².